The summed E-state index contributed by atoms with van der Waals surface area (Å²) in [6.45, 7) is 4.49. The predicted octanol–water partition coefficient (Wildman–Crippen LogP) is 3.98. The number of carbonyl (C=O) groups is 1. The van der Waals surface area contributed by atoms with Crippen LogP contribution >= 0.6 is 0 Å². The predicted molar refractivity (Wildman–Crippen MR) is 95.5 cm³/mol. The number of nitrogens with zero attached hydrogens (tertiary/aromatic N) is 1. The summed E-state index contributed by atoms with van der Waals surface area (Å²) in [7, 11) is 0. The van der Waals surface area contributed by atoms with Crippen LogP contribution in [0.2, 0.25) is 0 Å². The van der Waals surface area contributed by atoms with Crippen molar-refractivity contribution in [2.24, 2.45) is 17.8 Å². The van der Waals surface area contributed by atoms with Crippen molar-refractivity contribution in [1.82, 2.24) is 5.32 Å². The van der Waals surface area contributed by atoms with Crippen LogP contribution in [0.4, 0.5) is 10.1 Å². The van der Waals surface area contributed by atoms with Crippen molar-refractivity contribution in [3.63, 3.8) is 0 Å². The quantitative estimate of drug-likeness (QED) is 0.884. The molecule has 0 spiro atoms. The largest absolute Gasteiger partial charge is 0.368 e. The fourth-order valence-corrected chi connectivity index (χ4v) is 4.06. The fraction of sp³-hybridized carbons (Fsp3) is 0.650. The van der Waals surface area contributed by atoms with Crippen molar-refractivity contribution in [3.8, 4) is 0 Å². The number of carbonyl (C=O) groups excluding carboxylic acids is 1. The molecule has 1 heterocycles. The Morgan fingerprint density at radius 1 is 1.21 bits per heavy atom. The van der Waals surface area contributed by atoms with Gasteiger partial charge >= 0.3 is 0 Å². The molecule has 1 saturated carbocycles. The summed E-state index contributed by atoms with van der Waals surface area (Å²) in [5.74, 6) is 1.57. The Morgan fingerprint density at radius 2 is 1.96 bits per heavy atom. The molecule has 3 nitrogen and oxygen atoms in total. The van der Waals surface area contributed by atoms with Crippen LogP contribution in [0.15, 0.2) is 24.3 Å². The Morgan fingerprint density at radius 3 is 2.71 bits per heavy atom. The minimum Gasteiger partial charge on any atom is -0.368 e. The normalized spacial score (nSPS) is 27.2. The van der Waals surface area contributed by atoms with E-state index >= 15 is 0 Å². The van der Waals surface area contributed by atoms with Crippen molar-refractivity contribution in [1.29, 1.82) is 0 Å². The zero-order valence-electron chi connectivity index (χ0n) is 14.6. The number of amides is 1. The summed E-state index contributed by atoms with van der Waals surface area (Å²) in [4.78, 5) is 14.4. The Kier molecular flexibility index (Phi) is 5.75. The molecular weight excluding hydrogens is 303 g/mol. The molecule has 132 valence electrons. The molecule has 3 rings (SSSR count). The second-order valence-corrected chi connectivity index (χ2v) is 7.59. The molecule has 1 N–H and O–H groups in total. The SMILES string of the molecule is CC1CCC(CCNC(=O)C2CCN(c3ccccc3F)C2)CC1. The topological polar surface area (TPSA) is 32.3 Å². The first kappa shape index (κ1) is 17.2. The first-order valence-electron chi connectivity index (χ1n) is 9.40. The minimum atomic E-state index is -0.204. The maximum Gasteiger partial charge on any atom is 0.224 e. The third-order valence-corrected chi connectivity index (χ3v) is 5.74. The van der Waals surface area contributed by atoms with Gasteiger partial charge in [-0.05, 0) is 36.8 Å². The van der Waals surface area contributed by atoms with Crippen LogP contribution in [-0.2, 0) is 4.79 Å². The second-order valence-electron chi connectivity index (χ2n) is 7.59. The first-order valence-corrected chi connectivity index (χ1v) is 9.40. The lowest BCUT2D eigenvalue weighted by atomic mass is 9.81. The highest BCUT2D eigenvalue weighted by Gasteiger charge is 2.29. The van der Waals surface area contributed by atoms with E-state index in [9.17, 15) is 9.18 Å². The molecule has 0 radical (unpaired) electrons. The van der Waals surface area contributed by atoms with Gasteiger partial charge in [-0.1, -0.05) is 44.7 Å². The maximum absolute atomic E-state index is 13.9. The third-order valence-electron chi connectivity index (χ3n) is 5.74. The number of anilines is 1. The Balaban J connectivity index is 1.41. The highest BCUT2D eigenvalue weighted by atomic mass is 19.1. The molecule has 1 saturated heterocycles. The fourth-order valence-electron chi connectivity index (χ4n) is 4.06. The summed E-state index contributed by atoms with van der Waals surface area (Å²) in [6.07, 6.45) is 7.18. The molecule has 24 heavy (non-hydrogen) atoms. The summed E-state index contributed by atoms with van der Waals surface area (Å²) in [6, 6.07) is 6.81. The highest BCUT2D eigenvalue weighted by molar-refractivity contribution is 5.80. The second kappa shape index (κ2) is 8.00. The lowest BCUT2D eigenvalue weighted by molar-refractivity contribution is -0.124. The summed E-state index contributed by atoms with van der Waals surface area (Å²) in [5, 5.41) is 3.11. The number of nitrogens with one attached hydrogen (secondary N) is 1. The van der Waals surface area contributed by atoms with E-state index in [1.807, 2.05) is 11.0 Å². The van der Waals surface area contributed by atoms with E-state index < -0.39 is 0 Å². The number of rotatable bonds is 5. The standard InChI is InChI=1S/C20H29FN2O/c1-15-6-8-16(9-7-15)10-12-22-20(24)17-11-13-23(14-17)19-5-3-2-4-18(19)21/h2-5,15-17H,6-14H2,1H3,(H,22,24). The van der Waals surface area contributed by atoms with Gasteiger partial charge in [-0.15, -0.1) is 0 Å². The molecular formula is C20H29FN2O. The van der Waals surface area contributed by atoms with Crippen LogP contribution in [0.1, 0.15) is 45.4 Å². The molecule has 1 atom stereocenters. The van der Waals surface area contributed by atoms with E-state index in [-0.39, 0.29) is 17.6 Å². The molecule has 1 unspecified atom stereocenters. The van der Waals surface area contributed by atoms with E-state index in [1.165, 1.54) is 31.7 Å². The average molecular weight is 332 g/mol. The number of benzene rings is 1. The summed E-state index contributed by atoms with van der Waals surface area (Å²) >= 11 is 0. The number of halogens is 1. The first-order chi connectivity index (χ1) is 11.6. The monoisotopic (exact) mass is 332 g/mol. The van der Waals surface area contributed by atoms with Crippen molar-refractivity contribution in [3.05, 3.63) is 30.1 Å². The molecule has 1 aromatic carbocycles. The Hall–Kier alpha value is -1.58. The zero-order valence-corrected chi connectivity index (χ0v) is 14.6. The van der Waals surface area contributed by atoms with Crippen LogP contribution in [0.25, 0.3) is 0 Å². The van der Waals surface area contributed by atoms with E-state index in [0.29, 0.717) is 12.2 Å². The summed E-state index contributed by atoms with van der Waals surface area (Å²) in [5.41, 5.74) is 0.615. The third kappa shape index (κ3) is 4.28. The molecule has 2 aliphatic rings. The molecule has 1 aliphatic carbocycles. The van der Waals surface area contributed by atoms with Gasteiger partial charge in [-0.2, -0.15) is 0 Å². The Labute approximate surface area is 144 Å². The van der Waals surface area contributed by atoms with Crippen molar-refractivity contribution < 1.29 is 9.18 Å². The van der Waals surface area contributed by atoms with Gasteiger partial charge < -0.3 is 10.2 Å². The van der Waals surface area contributed by atoms with E-state index in [2.05, 4.69) is 12.2 Å². The van der Waals surface area contributed by atoms with Crippen molar-refractivity contribution in [2.45, 2.75) is 45.4 Å². The van der Waals surface area contributed by atoms with Gasteiger partial charge in [0.2, 0.25) is 5.91 Å². The van der Waals surface area contributed by atoms with Crippen LogP contribution in [0.5, 0.6) is 0 Å². The van der Waals surface area contributed by atoms with Gasteiger partial charge in [0.1, 0.15) is 5.82 Å². The average Bonchev–Trinajstić information content (AvgIpc) is 3.07. The lowest BCUT2D eigenvalue weighted by Crippen LogP contribution is -2.34. The van der Waals surface area contributed by atoms with Crippen LogP contribution in [0, 0.1) is 23.6 Å². The molecule has 1 amide bonds. The van der Waals surface area contributed by atoms with E-state index in [1.54, 1.807) is 12.1 Å². The number of hydrogen-bond acceptors (Lipinski definition) is 2. The molecule has 1 aromatic rings. The van der Waals surface area contributed by atoms with Gasteiger partial charge in [0.25, 0.3) is 0 Å². The van der Waals surface area contributed by atoms with Crippen LogP contribution in [0.3, 0.4) is 0 Å². The van der Waals surface area contributed by atoms with Gasteiger partial charge in [0.15, 0.2) is 0 Å². The van der Waals surface area contributed by atoms with Gasteiger partial charge in [-0.3, -0.25) is 4.79 Å². The van der Waals surface area contributed by atoms with Crippen LogP contribution < -0.4 is 10.2 Å². The van der Waals surface area contributed by atoms with E-state index in [4.69, 9.17) is 0 Å². The smallest absolute Gasteiger partial charge is 0.224 e. The molecule has 1 aliphatic heterocycles. The minimum absolute atomic E-state index is 0.0176. The molecule has 0 aromatic heterocycles. The maximum atomic E-state index is 13.9. The zero-order chi connectivity index (χ0) is 16.9. The van der Waals surface area contributed by atoms with Gasteiger partial charge in [-0.25, -0.2) is 4.39 Å². The van der Waals surface area contributed by atoms with Gasteiger partial charge in [0.05, 0.1) is 11.6 Å². The molecule has 0 bridgehead atoms. The highest BCUT2D eigenvalue weighted by Crippen LogP contribution is 2.30. The molecule has 2 fully saturated rings. The number of para-hydroxylation sites is 1. The van der Waals surface area contributed by atoms with E-state index in [0.717, 1.165) is 37.8 Å². The molecule has 4 heteroatoms. The van der Waals surface area contributed by atoms with Crippen LogP contribution in [-0.4, -0.2) is 25.5 Å². The van der Waals surface area contributed by atoms with Crippen molar-refractivity contribution >= 4 is 11.6 Å². The number of hydrogen-bond donors (Lipinski definition) is 1. The van der Waals surface area contributed by atoms with Crippen molar-refractivity contribution in [2.75, 3.05) is 24.5 Å². The Bertz CT molecular complexity index is 554. The summed E-state index contributed by atoms with van der Waals surface area (Å²) < 4.78 is 13.9. The van der Waals surface area contributed by atoms with Gasteiger partial charge in [0, 0.05) is 19.6 Å². The lowest BCUT2D eigenvalue weighted by Gasteiger charge is -2.26.